The number of rotatable bonds is 1. The maximum Gasteiger partial charge on any atom is 0.124 e. The summed E-state index contributed by atoms with van der Waals surface area (Å²) in [7, 11) is 0. The first-order valence-corrected chi connectivity index (χ1v) is 4.14. The molecule has 0 amide bonds. The quantitative estimate of drug-likeness (QED) is 0.611. The van der Waals surface area contributed by atoms with Crippen molar-refractivity contribution in [3.05, 3.63) is 18.0 Å². The van der Waals surface area contributed by atoms with E-state index in [4.69, 9.17) is 4.52 Å². The third-order valence-electron chi connectivity index (χ3n) is 3.28. The highest BCUT2D eigenvalue weighted by Crippen LogP contribution is 2.72. The molecular weight excluding hydrogens is 138 g/mol. The Morgan fingerprint density at radius 2 is 2.18 bits per heavy atom. The van der Waals surface area contributed by atoms with E-state index in [-0.39, 0.29) is 0 Å². The van der Waals surface area contributed by atoms with E-state index in [0.717, 1.165) is 0 Å². The van der Waals surface area contributed by atoms with Crippen molar-refractivity contribution in [2.45, 2.75) is 31.6 Å². The summed E-state index contributed by atoms with van der Waals surface area (Å²) in [6.07, 6.45) is 5.66. The van der Waals surface area contributed by atoms with Crippen LogP contribution in [0.2, 0.25) is 0 Å². The Morgan fingerprint density at radius 1 is 1.45 bits per heavy atom. The van der Waals surface area contributed by atoms with Crippen LogP contribution in [-0.2, 0) is 5.41 Å². The normalized spacial score (nSPS) is 46.3. The molecule has 0 unspecified atom stereocenters. The van der Waals surface area contributed by atoms with Gasteiger partial charge < -0.3 is 4.52 Å². The van der Waals surface area contributed by atoms with Gasteiger partial charge in [0.15, 0.2) is 0 Å². The van der Waals surface area contributed by atoms with Crippen molar-refractivity contribution >= 4 is 0 Å². The van der Waals surface area contributed by atoms with E-state index < -0.39 is 0 Å². The number of aromatic nitrogens is 1. The van der Waals surface area contributed by atoms with Crippen LogP contribution in [0.1, 0.15) is 31.9 Å². The fourth-order valence-corrected chi connectivity index (χ4v) is 3.05. The first-order chi connectivity index (χ1) is 5.23. The van der Waals surface area contributed by atoms with Gasteiger partial charge in [0.25, 0.3) is 0 Å². The van der Waals surface area contributed by atoms with Gasteiger partial charge in [0, 0.05) is 11.5 Å². The Bertz CT molecular complexity index is 269. The van der Waals surface area contributed by atoms with Gasteiger partial charge >= 0.3 is 0 Å². The van der Waals surface area contributed by atoms with E-state index >= 15 is 0 Å². The van der Waals surface area contributed by atoms with Crippen molar-refractivity contribution in [3.63, 3.8) is 0 Å². The van der Waals surface area contributed by atoms with Gasteiger partial charge in [-0.25, -0.2) is 0 Å². The summed E-state index contributed by atoms with van der Waals surface area (Å²) in [5.74, 6) is 0. The van der Waals surface area contributed by atoms with Gasteiger partial charge in [-0.2, -0.15) is 0 Å². The molecule has 3 aliphatic carbocycles. The molecule has 0 radical (unpaired) electrons. The van der Waals surface area contributed by atoms with Gasteiger partial charge in [0.05, 0.1) is 5.69 Å². The maximum atomic E-state index is 4.84. The van der Waals surface area contributed by atoms with Crippen LogP contribution < -0.4 is 0 Å². The topological polar surface area (TPSA) is 26.0 Å². The molecule has 0 atom stereocenters. The molecule has 0 spiro atoms. The average Bonchev–Trinajstić information content (AvgIpc) is 2.28. The Hall–Kier alpha value is -0.790. The summed E-state index contributed by atoms with van der Waals surface area (Å²) >= 11 is 0. The maximum absolute atomic E-state index is 4.84. The second-order valence-electron chi connectivity index (χ2n) is 4.51. The molecule has 2 nitrogen and oxygen atoms in total. The van der Waals surface area contributed by atoms with Crippen LogP contribution in [0.4, 0.5) is 0 Å². The smallest absolute Gasteiger partial charge is 0.124 e. The van der Waals surface area contributed by atoms with Crippen molar-refractivity contribution in [1.82, 2.24) is 5.16 Å². The third kappa shape index (κ3) is 0.525. The fourth-order valence-electron chi connectivity index (χ4n) is 3.05. The first kappa shape index (κ1) is 5.81. The second kappa shape index (κ2) is 1.38. The molecule has 11 heavy (non-hydrogen) atoms. The van der Waals surface area contributed by atoms with Crippen molar-refractivity contribution < 1.29 is 4.52 Å². The second-order valence-corrected chi connectivity index (χ2v) is 4.51. The van der Waals surface area contributed by atoms with E-state index in [2.05, 4.69) is 12.1 Å². The predicted molar refractivity (Wildman–Crippen MR) is 40.1 cm³/mol. The summed E-state index contributed by atoms with van der Waals surface area (Å²) in [4.78, 5) is 0. The lowest BCUT2D eigenvalue weighted by Gasteiger charge is -2.68. The van der Waals surface area contributed by atoms with Crippen LogP contribution in [0.5, 0.6) is 0 Å². The molecule has 0 aromatic carbocycles. The minimum absolute atomic E-state index is 0.446. The van der Waals surface area contributed by atoms with Crippen LogP contribution in [0.15, 0.2) is 16.9 Å². The standard InChI is InChI=1S/C9H11NO/c1-8-4-9(5-8,6-8)7-2-3-11-10-7/h2-3H,4-6H2,1H3. The van der Waals surface area contributed by atoms with Crippen molar-refractivity contribution in [2.75, 3.05) is 0 Å². The molecule has 0 aliphatic heterocycles. The molecule has 0 saturated heterocycles. The van der Waals surface area contributed by atoms with Gasteiger partial charge in [0.1, 0.15) is 6.26 Å². The highest BCUT2D eigenvalue weighted by Gasteiger charge is 2.66. The minimum atomic E-state index is 0.446. The van der Waals surface area contributed by atoms with E-state index in [0.29, 0.717) is 10.8 Å². The largest absolute Gasteiger partial charge is 0.364 e. The molecule has 2 bridgehead atoms. The number of nitrogens with zero attached hydrogens (tertiary/aromatic N) is 1. The van der Waals surface area contributed by atoms with Crippen LogP contribution in [0.25, 0.3) is 0 Å². The van der Waals surface area contributed by atoms with Crippen LogP contribution in [0, 0.1) is 5.41 Å². The van der Waals surface area contributed by atoms with E-state index in [9.17, 15) is 0 Å². The molecule has 2 heteroatoms. The van der Waals surface area contributed by atoms with Gasteiger partial charge in [-0.3, -0.25) is 0 Å². The first-order valence-electron chi connectivity index (χ1n) is 4.14. The lowest BCUT2D eigenvalue weighted by Crippen LogP contribution is -2.62. The summed E-state index contributed by atoms with van der Waals surface area (Å²) in [6.45, 7) is 2.36. The SMILES string of the molecule is CC12CC(c3ccon3)(C1)C2. The fraction of sp³-hybridized carbons (Fsp3) is 0.667. The van der Waals surface area contributed by atoms with Crippen LogP contribution >= 0.6 is 0 Å². The van der Waals surface area contributed by atoms with Gasteiger partial charge in [-0.1, -0.05) is 12.1 Å². The molecular formula is C9H11NO. The number of hydrogen-bond acceptors (Lipinski definition) is 2. The third-order valence-corrected chi connectivity index (χ3v) is 3.28. The molecule has 1 heterocycles. The molecule has 4 rings (SSSR count). The highest BCUT2D eigenvalue weighted by molar-refractivity contribution is 5.32. The Labute approximate surface area is 65.6 Å². The molecule has 3 fully saturated rings. The Kier molecular flexibility index (Phi) is 0.729. The summed E-state index contributed by atoms with van der Waals surface area (Å²) in [6, 6.07) is 2.01. The van der Waals surface area contributed by atoms with E-state index in [1.165, 1.54) is 25.0 Å². The zero-order valence-corrected chi connectivity index (χ0v) is 6.63. The molecule has 3 saturated carbocycles. The lowest BCUT2D eigenvalue weighted by atomic mass is 9.35. The molecule has 1 aromatic heterocycles. The van der Waals surface area contributed by atoms with Gasteiger partial charge in [-0.15, -0.1) is 0 Å². The molecule has 1 aromatic rings. The predicted octanol–water partition coefficient (Wildman–Crippen LogP) is 2.12. The van der Waals surface area contributed by atoms with Crippen molar-refractivity contribution in [2.24, 2.45) is 5.41 Å². The average molecular weight is 149 g/mol. The molecule has 0 N–H and O–H groups in total. The van der Waals surface area contributed by atoms with Crippen molar-refractivity contribution in [3.8, 4) is 0 Å². The van der Waals surface area contributed by atoms with E-state index in [1.807, 2.05) is 6.07 Å². The van der Waals surface area contributed by atoms with Crippen LogP contribution in [0.3, 0.4) is 0 Å². The molecule has 3 aliphatic rings. The zero-order chi connectivity index (χ0) is 7.53. The lowest BCUT2D eigenvalue weighted by molar-refractivity contribution is -0.129. The van der Waals surface area contributed by atoms with Crippen LogP contribution in [-0.4, -0.2) is 5.16 Å². The molecule has 58 valence electrons. The Morgan fingerprint density at radius 3 is 2.64 bits per heavy atom. The zero-order valence-electron chi connectivity index (χ0n) is 6.63. The monoisotopic (exact) mass is 149 g/mol. The van der Waals surface area contributed by atoms with Crippen molar-refractivity contribution in [1.29, 1.82) is 0 Å². The summed E-state index contributed by atoms with van der Waals surface area (Å²) in [5.41, 5.74) is 2.29. The minimum Gasteiger partial charge on any atom is -0.364 e. The van der Waals surface area contributed by atoms with Gasteiger partial charge in [-0.05, 0) is 24.7 Å². The number of hydrogen-bond donors (Lipinski definition) is 0. The van der Waals surface area contributed by atoms with Gasteiger partial charge in [0.2, 0.25) is 0 Å². The highest BCUT2D eigenvalue weighted by atomic mass is 16.5. The van der Waals surface area contributed by atoms with E-state index in [1.54, 1.807) is 6.26 Å². The Balaban J connectivity index is 1.94. The summed E-state index contributed by atoms with van der Waals surface area (Å²) < 4.78 is 4.84. The summed E-state index contributed by atoms with van der Waals surface area (Å²) in [5, 5.41) is 4.00.